The molecule has 0 fully saturated rings. The Bertz CT molecular complexity index is 413. The molecule has 0 aliphatic carbocycles. The molecule has 0 saturated carbocycles. The maximum absolute atomic E-state index is 5.76. The SMILES string of the molecule is C=CCNCc1cccc(OC)c1OCC(=C)C. The van der Waals surface area contributed by atoms with Crippen molar-refractivity contribution in [2.45, 2.75) is 13.5 Å². The Kier molecular flexibility index (Phi) is 6.01. The Morgan fingerprint density at radius 3 is 2.83 bits per heavy atom. The Balaban J connectivity index is 2.85. The van der Waals surface area contributed by atoms with E-state index in [1.165, 1.54) is 0 Å². The molecule has 0 atom stereocenters. The van der Waals surface area contributed by atoms with Gasteiger partial charge in [-0.1, -0.05) is 24.8 Å². The summed E-state index contributed by atoms with van der Waals surface area (Å²) < 4.78 is 11.1. The lowest BCUT2D eigenvalue weighted by molar-refractivity contribution is 0.315. The number of methoxy groups -OCH3 is 1. The van der Waals surface area contributed by atoms with Crippen LogP contribution in [0.15, 0.2) is 43.0 Å². The first kappa shape index (κ1) is 14.3. The first-order valence-electron chi connectivity index (χ1n) is 5.93. The zero-order valence-electron chi connectivity index (χ0n) is 11.2. The molecule has 0 amide bonds. The Labute approximate surface area is 109 Å². The van der Waals surface area contributed by atoms with Gasteiger partial charge in [0.2, 0.25) is 0 Å². The number of nitrogens with one attached hydrogen (secondary N) is 1. The normalized spacial score (nSPS) is 9.89. The molecule has 0 saturated heterocycles. The summed E-state index contributed by atoms with van der Waals surface area (Å²) in [5.74, 6) is 1.52. The summed E-state index contributed by atoms with van der Waals surface area (Å²) in [5.41, 5.74) is 2.04. The van der Waals surface area contributed by atoms with Gasteiger partial charge in [-0.3, -0.25) is 0 Å². The molecule has 0 aliphatic heterocycles. The molecule has 1 N–H and O–H groups in total. The van der Waals surface area contributed by atoms with Crippen LogP contribution in [0.4, 0.5) is 0 Å². The number of rotatable bonds is 8. The fourth-order valence-electron chi connectivity index (χ4n) is 1.53. The van der Waals surface area contributed by atoms with Gasteiger partial charge < -0.3 is 14.8 Å². The molecule has 0 heterocycles. The lowest BCUT2D eigenvalue weighted by Crippen LogP contribution is -2.14. The fraction of sp³-hybridized carbons (Fsp3) is 0.333. The van der Waals surface area contributed by atoms with Gasteiger partial charge in [0.15, 0.2) is 11.5 Å². The second-order valence-corrected chi connectivity index (χ2v) is 4.11. The van der Waals surface area contributed by atoms with E-state index in [1.54, 1.807) is 7.11 Å². The van der Waals surface area contributed by atoms with Crippen molar-refractivity contribution in [1.29, 1.82) is 0 Å². The molecule has 0 unspecified atom stereocenters. The lowest BCUT2D eigenvalue weighted by atomic mass is 10.2. The minimum absolute atomic E-state index is 0.495. The van der Waals surface area contributed by atoms with E-state index >= 15 is 0 Å². The minimum atomic E-state index is 0.495. The molecule has 3 nitrogen and oxygen atoms in total. The highest BCUT2D eigenvalue weighted by atomic mass is 16.5. The van der Waals surface area contributed by atoms with Crippen molar-refractivity contribution in [3.8, 4) is 11.5 Å². The molecule has 0 aliphatic rings. The predicted octanol–water partition coefficient (Wildman–Crippen LogP) is 2.93. The second kappa shape index (κ2) is 7.56. The summed E-state index contributed by atoms with van der Waals surface area (Å²) >= 11 is 0. The fourth-order valence-corrected chi connectivity index (χ4v) is 1.53. The van der Waals surface area contributed by atoms with Gasteiger partial charge in [0, 0.05) is 18.7 Å². The quantitative estimate of drug-likeness (QED) is 0.566. The summed E-state index contributed by atoms with van der Waals surface area (Å²) in [7, 11) is 1.64. The highest BCUT2D eigenvalue weighted by Crippen LogP contribution is 2.31. The van der Waals surface area contributed by atoms with Crippen LogP contribution in [-0.4, -0.2) is 20.3 Å². The van der Waals surface area contributed by atoms with E-state index in [9.17, 15) is 0 Å². The zero-order valence-corrected chi connectivity index (χ0v) is 11.2. The second-order valence-electron chi connectivity index (χ2n) is 4.11. The number of ether oxygens (including phenoxy) is 2. The van der Waals surface area contributed by atoms with E-state index in [-0.39, 0.29) is 0 Å². The van der Waals surface area contributed by atoms with Gasteiger partial charge in [-0.25, -0.2) is 0 Å². The maximum Gasteiger partial charge on any atom is 0.166 e. The third-order valence-corrected chi connectivity index (χ3v) is 2.35. The molecule has 98 valence electrons. The van der Waals surface area contributed by atoms with Gasteiger partial charge in [0.1, 0.15) is 6.61 Å². The highest BCUT2D eigenvalue weighted by molar-refractivity contribution is 5.46. The Morgan fingerprint density at radius 2 is 2.22 bits per heavy atom. The Hall–Kier alpha value is -1.74. The maximum atomic E-state index is 5.76. The number of benzene rings is 1. The van der Waals surface area contributed by atoms with Crippen LogP contribution in [0.5, 0.6) is 11.5 Å². The average Bonchev–Trinajstić information content (AvgIpc) is 2.37. The van der Waals surface area contributed by atoms with Crippen LogP contribution in [0, 0.1) is 0 Å². The van der Waals surface area contributed by atoms with Crippen LogP contribution in [0.25, 0.3) is 0 Å². The van der Waals surface area contributed by atoms with E-state index in [4.69, 9.17) is 9.47 Å². The van der Waals surface area contributed by atoms with E-state index in [0.717, 1.165) is 35.7 Å². The van der Waals surface area contributed by atoms with Crippen LogP contribution in [0.3, 0.4) is 0 Å². The van der Waals surface area contributed by atoms with Gasteiger partial charge in [-0.2, -0.15) is 0 Å². The van der Waals surface area contributed by atoms with Gasteiger partial charge in [-0.15, -0.1) is 6.58 Å². The molecular weight excluding hydrogens is 226 g/mol. The monoisotopic (exact) mass is 247 g/mol. The van der Waals surface area contributed by atoms with E-state index in [0.29, 0.717) is 6.61 Å². The largest absolute Gasteiger partial charge is 0.493 e. The van der Waals surface area contributed by atoms with Crippen LogP contribution >= 0.6 is 0 Å². The number of hydrogen-bond donors (Lipinski definition) is 1. The van der Waals surface area contributed by atoms with Gasteiger partial charge in [0.25, 0.3) is 0 Å². The minimum Gasteiger partial charge on any atom is -0.493 e. The molecule has 1 rings (SSSR count). The van der Waals surface area contributed by atoms with Crippen molar-refractivity contribution in [1.82, 2.24) is 5.32 Å². The topological polar surface area (TPSA) is 30.5 Å². The summed E-state index contributed by atoms with van der Waals surface area (Å²) in [6.07, 6.45) is 1.83. The van der Waals surface area contributed by atoms with Crippen LogP contribution < -0.4 is 14.8 Å². The lowest BCUT2D eigenvalue weighted by Gasteiger charge is -2.15. The standard InChI is InChI=1S/C15H21NO2/c1-5-9-16-10-13-7-6-8-14(17-4)15(13)18-11-12(2)3/h5-8,16H,1-2,9-11H2,3-4H3. The molecule has 3 heteroatoms. The molecule has 0 bridgehead atoms. The third-order valence-electron chi connectivity index (χ3n) is 2.35. The summed E-state index contributed by atoms with van der Waals surface area (Å²) in [4.78, 5) is 0. The van der Waals surface area contributed by atoms with Crippen molar-refractivity contribution in [3.63, 3.8) is 0 Å². The van der Waals surface area contributed by atoms with Crippen molar-refractivity contribution in [2.75, 3.05) is 20.3 Å². The first-order chi connectivity index (χ1) is 8.69. The summed E-state index contributed by atoms with van der Waals surface area (Å²) in [5, 5.41) is 3.25. The molecule has 1 aromatic rings. The zero-order chi connectivity index (χ0) is 13.4. The van der Waals surface area contributed by atoms with Crippen molar-refractivity contribution in [2.24, 2.45) is 0 Å². The smallest absolute Gasteiger partial charge is 0.166 e. The predicted molar refractivity (Wildman–Crippen MR) is 75.2 cm³/mol. The van der Waals surface area contributed by atoms with Gasteiger partial charge in [-0.05, 0) is 18.6 Å². The van der Waals surface area contributed by atoms with Crippen LogP contribution in [0.1, 0.15) is 12.5 Å². The number of para-hydroxylation sites is 1. The van der Waals surface area contributed by atoms with E-state index in [2.05, 4.69) is 18.5 Å². The van der Waals surface area contributed by atoms with Crippen LogP contribution in [-0.2, 0) is 6.54 Å². The summed E-state index contributed by atoms with van der Waals surface area (Å²) in [6.45, 7) is 11.4. The van der Waals surface area contributed by atoms with Crippen molar-refractivity contribution >= 4 is 0 Å². The van der Waals surface area contributed by atoms with Gasteiger partial charge in [0.05, 0.1) is 7.11 Å². The summed E-state index contributed by atoms with van der Waals surface area (Å²) in [6, 6.07) is 5.87. The molecule has 0 aromatic heterocycles. The molecule has 18 heavy (non-hydrogen) atoms. The van der Waals surface area contributed by atoms with E-state index in [1.807, 2.05) is 31.2 Å². The van der Waals surface area contributed by atoms with Gasteiger partial charge >= 0.3 is 0 Å². The Morgan fingerprint density at radius 1 is 1.44 bits per heavy atom. The first-order valence-corrected chi connectivity index (χ1v) is 5.93. The molecule has 1 aromatic carbocycles. The number of hydrogen-bond acceptors (Lipinski definition) is 3. The molecular formula is C15H21NO2. The molecule has 0 radical (unpaired) electrons. The van der Waals surface area contributed by atoms with E-state index < -0.39 is 0 Å². The van der Waals surface area contributed by atoms with Crippen molar-refractivity contribution < 1.29 is 9.47 Å². The third kappa shape index (κ3) is 4.26. The average molecular weight is 247 g/mol. The molecule has 0 spiro atoms. The van der Waals surface area contributed by atoms with Crippen LogP contribution in [0.2, 0.25) is 0 Å². The van der Waals surface area contributed by atoms with Crippen molar-refractivity contribution in [3.05, 3.63) is 48.6 Å². The highest BCUT2D eigenvalue weighted by Gasteiger charge is 2.10.